The van der Waals surface area contributed by atoms with Crippen LogP contribution in [0.3, 0.4) is 0 Å². The minimum atomic E-state index is -0.323. The molecule has 0 heterocycles. The second kappa shape index (κ2) is 11.8. The molecule has 22 heavy (non-hydrogen) atoms. The number of rotatable bonds is 11. The molecule has 1 rings (SSSR count). The molecule has 1 aromatic carbocycles. The number of methoxy groups -OCH3 is 1. The highest BCUT2D eigenvalue weighted by molar-refractivity contribution is 5.89. The largest absolute Gasteiger partial charge is 0.494 e. The molecule has 3 heteroatoms. The van der Waals surface area contributed by atoms with Crippen LogP contribution in [0.2, 0.25) is 0 Å². The first-order chi connectivity index (χ1) is 10.8. The van der Waals surface area contributed by atoms with Crippen LogP contribution in [0.4, 0.5) is 0 Å². The minimum absolute atomic E-state index is 0.323. The van der Waals surface area contributed by atoms with E-state index in [2.05, 4.69) is 23.8 Å². The second-order valence-corrected chi connectivity index (χ2v) is 5.33. The van der Waals surface area contributed by atoms with E-state index < -0.39 is 0 Å². The molecule has 0 amide bonds. The fourth-order valence-corrected chi connectivity index (χ4v) is 2.12. The summed E-state index contributed by atoms with van der Waals surface area (Å²) in [5.74, 6) is 0.465. The van der Waals surface area contributed by atoms with Crippen molar-refractivity contribution in [2.75, 3.05) is 13.7 Å². The number of unbranched alkanes of at least 4 members (excludes halogenated alkanes) is 5. The maximum Gasteiger partial charge on any atom is 0.337 e. The lowest BCUT2D eigenvalue weighted by atomic mass is 10.1. The van der Waals surface area contributed by atoms with Crippen molar-refractivity contribution < 1.29 is 14.3 Å². The second-order valence-electron chi connectivity index (χ2n) is 5.33. The summed E-state index contributed by atoms with van der Waals surface area (Å²) in [5.41, 5.74) is 0.542. The van der Waals surface area contributed by atoms with Gasteiger partial charge in [-0.1, -0.05) is 38.3 Å². The monoisotopic (exact) mass is 304 g/mol. The van der Waals surface area contributed by atoms with Crippen molar-refractivity contribution in [1.82, 2.24) is 0 Å². The molecule has 0 saturated carbocycles. The normalized spacial score (nSPS) is 10.8. The summed E-state index contributed by atoms with van der Waals surface area (Å²) >= 11 is 0. The molecule has 3 nitrogen and oxygen atoms in total. The van der Waals surface area contributed by atoms with Gasteiger partial charge in [-0.15, -0.1) is 0 Å². The van der Waals surface area contributed by atoms with E-state index in [-0.39, 0.29) is 5.97 Å². The fraction of sp³-hybridized carbons (Fsp3) is 0.526. The van der Waals surface area contributed by atoms with Gasteiger partial charge in [-0.2, -0.15) is 0 Å². The lowest BCUT2D eigenvalue weighted by Gasteiger charge is -2.05. The molecule has 0 radical (unpaired) electrons. The first-order valence-corrected chi connectivity index (χ1v) is 8.24. The van der Waals surface area contributed by atoms with Gasteiger partial charge in [0.2, 0.25) is 0 Å². The molecule has 0 N–H and O–H groups in total. The van der Waals surface area contributed by atoms with Crippen LogP contribution < -0.4 is 4.74 Å². The van der Waals surface area contributed by atoms with E-state index in [1.807, 2.05) is 0 Å². The molecule has 0 bridgehead atoms. The molecular formula is C19H28O3. The van der Waals surface area contributed by atoms with Gasteiger partial charge in [0.15, 0.2) is 0 Å². The Morgan fingerprint density at radius 1 is 1.00 bits per heavy atom. The fourth-order valence-electron chi connectivity index (χ4n) is 2.12. The van der Waals surface area contributed by atoms with Gasteiger partial charge in [-0.3, -0.25) is 0 Å². The quantitative estimate of drug-likeness (QED) is 0.322. The highest BCUT2D eigenvalue weighted by atomic mass is 16.5. The topological polar surface area (TPSA) is 35.5 Å². The average Bonchev–Trinajstić information content (AvgIpc) is 2.56. The third-order valence-electron chi connectivity index (χ3n) is 3.45. The Balaban J connectivity index is 2.09. The SMILES string of the molecule is CCCCCC/C=C/CCCOc1ccc(C(=O)OC)cc1. The first kappa shape index (κ1) is 18.3. The zero-order valence-corrected chi connectivity index (χ0v) is 13.8. The van der Waals surface area contributed by atoms with Crippen LogP contribution in [0.15, 0.2) is 36.4 Å². The number of carbonyl (C=O) groups excluding carboxylic acids is 1. The predicted octanol–water partition coefficient (Wildman–Crippen LogP) is 5.16. The zero-order chi connectivity index (χ0) is 16.0. The zero-order valence-electron chi connectivity index (χ0n) is 13.8. The van der Waals surface area contributed by atoms with Gasteiger partial charge in [-0.05, 0) is 49.9 Å². The molecule has 0 unspecified atom stereocenters. The number of allylic oxidation sites excluding steroid dienone is 2. The number of hydrogen-bond acceptors (Lipinski definition) is 3. The highest BCUT2D eigenvalue weighted by Crippen LogP contribution is 2.13. The molecule has 0 aliphatic rings. The first-order valence-electron chi connectivity index (χ1n) is 8.24. The summed E-state index contributed by atoms with van der Waals surface area (Å²) in [5, 5.41) is 0. The van der Waals surface area contributed by atoms with E-state index in [4.69, 9.17) is 4.74 Å². The summed E-state index contributed by atoms with van der Waals surface area (Å²) in [6.45, 7) is 2.93. The lowest BCUT2D eigenvalue weighted by Crippen LogP contribution is -2.01. The standard InChI is InChI=1S/C19H28O3/c1-3-4-5-6-7-8-9-10-11-16-22-18-14-12-17(13-15-18)19(20)21-2/h8-9,12-15H,3-7,10-11,16H2,1-2H3/b9-8+. The van der Waals surface area contributed by atoms with Crippen molar-refractivity contribution in [3.63, 3.8) is 0 Å². The Kier molecular flexibility index (Phi) is 9.84. The Bertz CT molecular complexity index is 434. The van der Waals surface area contributed by atoms with Crippen LogP contribution in [-0.2, 0) is 4.74 Å². The molecule has 1 aromatic rings. The molecule has 122 valence electrons. The van der Waals surface area contributed by atoms with Crippen LogP contribution in [0.25, 0.3) is 0 Å². The van der Waals surface area contributed by atoms with Gasteiger partial charge in [0.1, 0.15) is 5.75 Å². The smallest absolute Gasteiger partial charge is 0.337 e. The molecule has 0 fully saturated rings. The van der Waals surface area contributed by atoms with E-state index in [0.717, 1.165) is 18.6 Å². The third kappa shape index (κ3) is 7.87. The van der Waals surface area contributed by atoms with Gasteiger partial charge in [0.05, 0.1) is 19.3 Å². The third-order valence-corrected chi connectivity index (χ3v) is 3.45. The maximum absolute atomic E-state index is 11.3. The number of hydrogen-bond donors (Lipinski definition) is 0. The van der Waals surface area contributed by atoms with Gasteiger partial charge < -0.3 is 9.47 Å². The van der Waals surface area contributed by atoms with Gasteiger partial charge in [0, 0.05) is 0 Å². The Morgan fingerprint density at radius 3 is 2.32 bits per heavy atom. The molecule has 0 aromatic heterocycles. The highest BCUT2D eigenvalue weighted by Gasteiger charge is 2.04. The number of carbonyl (C=O) groups is 1. The van der Waals surface area contributed by atoms with Crippen molar-refractivity contribution in [3.05, 3.63) is 42.0 Å². The number of benzene rings is 1. The van der Waals surface area contributed by atoms with Gasteiger partial charge >= 0.3 is 5.97 Å². The summed E-state index contributed by atoms with van der Waals surface area (Å²) in [6, 6.07) is 7.04. The Hall–Kier alpha value is -1.77. The summed E-state index contributed by atoms with van der Waals surface area (Å²) in [7, 11) is 1.38. The van der Waals surface area contributed by atoms with Gasteiger partial charge in [-0.25, -0.2) is 4.79 Å². The van der Waals surface area contributed by atoms with Crippen LogP contribution in [0.1, 0.15) is 62.2 Å². The summed E-state index contributed by atoms with van der Waals surface area (Å²) < 4.78 is 10.3. The molecule has 0 atom stereocenters. The lowest BCUT2D eigenvalue weighted by molar-refractivity contribution is 0.0600. The van der Waals surface area contributed by atoms with E-state index in [9.17, 15) is 4.79 Å². The van der Waals surface area contributed by atoms with E-state index in [0.29, 0.717) is 12.2 Å². The molecular weight excluding hydrogens is 276 g/mol. The van der Waals surface area contributed by atoms with E-state index in [1.54, 1.807) is 24.3 Å². The summed E-state index contributed by atoms with van der Waals surface area (Å²) in [4.78, 5) is 11.3. The van der Waals surface area contributed by atoms with Crippen LogP contribution >= 0.6 is 0 Å². The average molecular weight is 304 g/mol. The Labute approximate surface area is 134 Å². The molecule has 0 aliphatic carbocycles. The van der Waals surface area contributed by atoms with Crippen molar-refractivity contribution in [1.29, 1.82) is 0 Å². The van der Waals surface area contributed by atoms with Crippen molar-refractivity contribution in [2.45, 2.75) is 51.9 Å². The molecule has 0 spiro atoms. The van der Waals surface area contributed by atoms with Crippen LogP contribution in [-0.4, -0.2) is 19.7 Å². The molecule has 0 aliphatic heterocycles. The van der Waals surface area contributed by atoms with E-state index in [1.165, 1.54) is 39.2 Å². The van der Waals surface area contributed by atoms with Crippen LogP contribution in [0.5, 0.6) is 5.75 Å². The minimum Gasteiger partial charge on any atom is -0.494 e. The van der Waals surface area contributed by atoms with Crippen molar-refractivity contribution in [3.8, 4) is 5.75 Å². The predicted molar refractivity (Wildman–Crippen MR) is 90.4 cm³/mol. The van der Waals surface area contributed by atoms with Gasteiger partial charge in [0.25, 0.3) is 0 Å². The summed E-state index contributed by atoms with van der Waals surface area (Å²) in [6.07, 6.45) is 13.0. The molecule has 0 saturated heterocycles. The maximum atomic E-state index is 11.3. The van der Waals surface area contributed by atoms with Crippen molar-refractivity contribution in [2.24, 2.45) is 0 Å². The van der Waals surface area contributed by atoms with E-state index >= 15 is 0 Å². The number of ether oxygens (including phenoxy) is 2. The Morgan fingerprint density at radius 2 is 1.68 bits per heavy atom. The van der Waals surface area contributed by atoms with Crippen LogP contribution in [0, 0.1) is 0 Å². The number of esters is 1. The van der Waals surface area contributed by atoms with Crippen molar-refractivity contribution >= 4 is 5.97 Å².